The van der Waals surface area contributed by atoms with Gasteiger partial charge in [0.2, 0.25) is 0 Å². The third-order valence-corrected chi connectivity index (χ3v) is 2.82. The first-order chi connectivity index (χ1) is 6.62. The third-order valence-electron chi connectivity index (χ3n) is 1.84. The van der Waals surface area contributed by atoms with Gasteiger partial charge in [-0.05, 0) is 26.2 Å². The van der Waals surface area contributed by atoms with Crippen LogP contribution in [0.3, 0.4) is 0 Å². The predicted octanol–water partition coefficient (Wildman–Crippen LogP) is 6.02. The van der Waals surface area contributed by atoms with Crippen molar-refractivity contribution in [2.75, 3.05) is 0 Å². The monoisotopic (exact) mass is 254 g/mol. The zero-order chi connectivity index (χ0) is 11.4. The second kappa shape index (κ2) is 16.7. The maximum absolute atomic E-state index is 5.77. The van der Waals surface area contributed by atoms with Gasteiger partial charge in [-0.2, -0.15) is 0 Å². The van der Waals surface area contributed by atoms with Crippen molar-refractivity contribution in [2.24, 2.45) is 0 Å². The minimum atomic E-state index is 0. The van der Waals surface area contributed by atoms with E-state index in [1.165, 1.54) is 6.42 Å². The first-order valence-electron chi connectivity index (χ1n) is 5.53. The molecule has 0 aliphatic rings. The van der Waals surface area contributed by atoms with Gasteiger partial charge in [-0.25, -0.2) is 0 Å². The predicted molar refractivity (Wildman–Crippen MR) is 76.3 cm³/mol. The molecule has 0 saturated heterocycles. The smallest absolute Gasteiger partial charge is 0.0513 e. The quantitative estimate of drug-likeness (QED) is 0.416. The molecule has 0 fully saturated rings. The number of halogens is 2. The van der Waals surface area contributed by atoms with E-state index >= 15 is 0 Å². The van der Waals surface area contributed by atoms with Crippen LogP contribution in [-0.2, 0) is 0 Å². The second-order valence-corrected chi connectivity index (χ2v) is 4.42. The molecule has 0 radical (unpaired) electrons. The average molecular weight is 255 g/mol. The van der Waals surface area contributed by atoms with E-state index in [0.29, 0.717) is 5.38 Å². The van der Waals surface area contributed by atoms with Crippen molar-refractivity contribution in [3.05, 3.63) is 12.2 Å². The molecule has 0 bridgehead atoms. The molecule has 15 heavy (non-hydrogen) atoms. The molecule has 0 aromatic carbocycles. The van der Waals surface area contributed by atoms with Crippen LogP contribution >= 0.6 is 23.2 Å². The topological polar surface area (TPSA) is 0 Å². The lowest BCUT2D eigenvalue weighted by molar-refractivity contribution is 0.711. The minimum absolute atomic E-state index is 0. The van der Waals surface area contributed by atoms with Crippen molar-refractivity contribution >= 4 is 23.2 Å². The van der Waals surface area contributed by atoms with Gasteiger partial charge in [0, 0.05) is 5.38 Å². The summed E-state index contributed by atoms with van der Waals surface area (Å²) in [4.78, 5) is 0. The van der Waals surface area contributed by atoms with E-state index in [-0.39, 0.29) is 12.8 Å². The lowest BCUT2D eigenvalue weighted by atomic mass is 10.2. The molecule has 94 valence electrons. The van der Waals surface area contributed by atoms with Gasteiger partial charge in [0.15, 0.2) is 0 Å². The lowest BCUT2D eigenvalue weighted by Crippen LogP contribution is -1.92. The van der Waals surface area contributed by atoms with Crippen molar-refractivity contribution in [1.29, 1.82) is 0 Å². The normalized spacial score (nSPS) is 13.7. The largest absolute Gasteiger partial charge is 0.123 e. The highest BCUT2D eigenvalue weighted by molar-refractivity contribution is 6.21. The third kappa shape index (κ3) is 20.4. The van der Waals surface area contributed by atoms with Gasteiger partial charge in [0.1, 0.15) is 0 Å². The summed E-state index contributed by atoms with van der Waals surface area (Å²) in [6.45, 7) is 8.32. The highest BCUT2D eigenvalue weighted by Crippen LogP contribution is 2.07. The summed E-state index contributed by atoms with van der Waals surface area (Å²) >= 11 is 11.4. The van der Waals surface area contributed by atoms with E-state index in [0.717, 1.165) is 19.3 Å². The molecule has 2 atom stereocenters. The van der Waals surface area contributed by atoms with Crippen molar-refractivity contribution in [1.82, 2.24) is 0 Å². The van der Waals surface area contributed by atoms with E-state index in [1.807, 2.05) is 19.1 Å². The van der Waals surface area contributed by atoms with E-state index in [2.05, 4.69) is 20.8 Å². The summed E-state index contributed by atoms with van der Waals surface area (Å²) in [6, 6.07) is 0. The van der Waals surface area contributed by atoms with Crippen LogP contribution in [0.15, 0.2) is 12.2 Å². The van der Waals surface area contributed by atoms with Crippen LogP contribution in [0.5, 0.6) is 0 Å². The molecule has 0 rings (SSSR count). The Kier molecular flexibility index (Phi) is 23.1. The first kappa shape index (κ1) is 20.7. The molecular formula is C13H28Cl2. The highest BCUT2D eigenvalue weighted by Gasteiger charge is 1.95. The molecule has 0 aromatic rings. The van der Waals surface area contributed by atoms with Gasteiger partial charge in [-0.1, -0.05) is 46.8 Å². The Hall–Kier alpha value is 0.320. The van der Waals surface area contributed by atoms with Crippen molar-refractivity contribution in [3.8, 4) is 0 Å². The van der Waals surface area contributed by atoms with Gasteiger partial charge < -0.3 is 0 Å². The van der Waals surface area contributed by atoms with Crippen LogP contribution in [0.4, 0.5) is 0 Å². The van der Waals surface area contributed by atoms with Crippen molar-refractivity contribution in [3.63, 3.8) is 0 Å². The summed E-state index contributed by atoms with van der Waals surface area (Å²) in [5.41, 5.74) is 0. The number of allylic oxidation sites excluding steroid dienone is 2. The van der Waals surface area contributed by atoms with Crippen LogP contribution in [0.25, 0.3) is 0 Å². The molecule has 0 spiro atoms. The van der Waals surface area contributed by atoms with Crippen LogP contribution in [0, 0.1) is 0 Å². The SMILES string of the molecule is C.C/C=C/C(Cl)CC.CCCC(Cl)CC. The van der Waals surface area contributed by atoms with Gasteiger partial charge in [0.05, 0.1) is 5.38 Å². The molecule has 2 unspecified atom stereocenters. The zero-order valence-electron chi connectivity index (χ0n) is 9.89. The Labute approximate surface area is 107 Å². The summed E-state index contributed by atoms with van der Waals surface area (Å²) in [7, 11) is 0. The molecule has 0 nitrogen and oxygen atoms in total. The fraction of sp³-hybridized carbons (Fsp3) is 0.846. The molecule has 2 heteroatoms. The van der Waals surface area contributed by atoms with Crippen LogP contribution in [0.2, 0.25) is 0 Å². The van der Waals surface area contributed by atoms with E-state index in [4.69, 9.17) is 23.2 Å². The molecule has 0 heterocycles. The standard InChI is InChI=1S/C6H13Cl.C6H11Cl.CH4/c2*1-3-5-6(7)4-2;/h6H,3-5H2,1-2H3;3,5-6H,4H2,1-2H3;1H4/b;5-3+;. The minimum Gasteiger partial charge on any atom is -0.123 e. The maximum Gasteiger partial charge on any atom is 0.0513 e. The molecule has 0 aromatic heterocycles. The zero-order valence-corrected chi connectivity index (χ0v) is 11.4. The van der Waals surface area contributed by atoms with Crippen molar-refractivity contribution in [2.45, 2.75) is 71.6 Å². The summed E-state index contributed by atoms with van der Waals surface area (Å²) in [5, 5.41) is 0.662. The average Bonchev–Trinajstić information content (AvgIpc) is 2.19. The number of alkyl halides is 2. The molecule has 0 aliphatic heterocycles. The fourth-order valence-electron chi connectivity index (χ4n) is 0.862. The maximum atomic E-state index is 5.77. The Morgan fingerprint density at radius 1 is 1.07 bits per heavy atom. The number of hydrogen-bond acceptors (Lipinski definition) is 0. The molecule has 0 amide bonds. The van der Waals surface area contributed by atoms with Crippen molar-refractivity contribution < 1.29 is 0 Å². The Morgan fingerprint density at radius 2 is 1.60 bits per heavy atom. The number of hydrogen-bond donors (Lipinski definition) is 0. The Bertz CT molecular complexity index is 122. The number of rotatable bonds is 5. The lowest BCUT2D eigenvalue weighted by Gasteiger charge is -1.99. The highest BCUT2D eigenvalue weighted by atomic mass is 35.5. The van der Waals surface area contributed by atoms with E-state index in [9.17, 15) is 0 Å². The second-order valence-electron chi connectivity index (χ2n) is 3.24. The van der Waals surface area contributed by atoms with Crippen LogP contribution in [-0.4, -0.2) is 10.8 Å². The van der Waals surface area contributed by atoms with Gasteiger partial charge in [0.25, 0.3) is 0 Å². The van der Waals surface area contributed by atoms with Gasteiger partial charge >= 0.3 is 0 Å². The van der Waals surface area contributed by atoms with E-state index < -0.39 is 0 Å². The summed E-state index contributed by atoms with van der Waals surface area (Å²) in [6.07, 6.45) is 8.46. The molecule has 0 N–H and O–H groups in total. The van der Waals surface area contributed by atoms with Gasteiger partial charge in [-0.3, -0.25) is 0 Å². The Balaban J connectivity index is -0.000000180. The molecular weight excluding hydrogens is 227 g/mol. The first-order valence-corrected chi connectivity index (χ1v) is 6.40. The molecule has 0 aliphatic carbocycles. The van der Waals surface area contributed by atoms with Gasteiger partial charge in [-0.15, -0.1) is 23.2 Å². The summed E-state index contributed by atoms with van der Waals surface area (Å²) < 4.78 is 0. The van der Waals surface area contributed by atoms with Crippen LogP contribution in [0.1, 0.15) is 60.8 Å². The Morgan fingerprint density at radius 3 is 1.73 bits per heavy atom. The van der Waals surface area contributed by atoms with E-state index in [1.54, 1.807) is 0 Å². The van der Waals surface area contributed by atoms with Crippen LogP contribution < -0.4 is 0 Å². The fourth-order valence-corrected chi connectivity index (χ4v) is 1.23. The summed E-state index contributed by atoms with van der Waals surface area (Å²) in [5.74, 6) is 0. The molecule has 0 saturated carbocycles.